The van der Waals surface area contributed by atoms with Crippen molar-refractivity contribution in [2.24, 2.45) is 0 Å². The summed E-state index contributed by atoms with van der Waals surface area (Å²) in [7, 11) is 1.54. The molecule has 2 amide bonds. The third-order valence-electron chi connectivity index (χ3n) is 2.86. The van der Waals surface area contributed by atoms with Gasteiger partial charge >= 0.3 is 12.0 Å². The summed E-state index contributed by atoms with van der Waals surface area (Å²) in [5, 5.41) is 8.99. The van der Waals surface area contributed by atoms with Gasteiger partial charge in [-0.05, 0) is 25.5 Å². The zero-order valence-electron chi connectivity index (χ0n) is 11.0. The fourth-order valence-corrected chi connectivity index (χ4v) is 3.21. The molecule has 0 atom stereocenters. The molecule has 104 valence electrons. The summed E-state index contributed by atoms with van der Waals surface area (Å²) in [5.41, 5.74) is 1.50. The number of esters is 1. The molecule has 0 unspecified atom stereocenters. The molecule has 1 aromatic heterocycles. The maximum absolute atomic E-state index is 12.1. The maximum atomic E-state index is 12.1. The quantitative estimate of drug-likeness (QED) is 0.731. The lowest BCUT2D eigenvalue weighted by atomic mass is 10.0. The molecular weight excluding hydrogens is 266 g/mol. The van der Waals surface area contributed by atoms with Gasteiger partial charge in [0.2, 0.25) is 0 Å². The zero-order valence-corrected chi connectivity index (χ0v) is 11.8. The van der Waals surface area contributed by atoms with E-state index in [9.17, 15) is 9.59 Å². The van der Waals surface area contributed by atoms with Crippen LogP contribution in [0.4, 0.5) is 9.80 Å². The van der Waals surface area contributed by atoms with Crippen molar-refractivity contribution >= 4 is 28.3 Å². The standard InChI is InChI=1S/C12H17N3O3S/c1-3-18-11(16)9-7-4-5-14-6-8(7)19-10(9)15-12(17)13-2/h14H,3-6H2,1-2H3,(H2,13,15,17). The van der Waals surface area contributed by atoms with Crippen LogP contribution in [0.25, 0.3) is 0 Å². The molecule has 1 aromatic rings. The summed E-state index contributed by atoms with van der Waals surface area (Å²) in [4.78, 5) is 24.6. The Kier molecular flexibility index (Phi) is 4.39. The first kappa shape index (κ1) is 13.8. The van der Waals surface area contributed by atoms with Gasteiger partial charge in [-0.15, -0.1) is 11.3 Å². The first-order valence-electron chi connectivity index (χ1n) is 6.18. The average Bonchev–Trinajstić information content (AvgIpc) is 2.76. The van der Waals surface area contributed by atoms with Gasteiger partial charge in [-0.25, -0.2) is 9.59 Å². The van der Waals surface area contributed by atoms with Crippen LogP contribution in [0.3, 0.4) is 0 Å². The van der Waals surface area contributed by atoms with E-state index in [0.717, 1.165) is 30.0 Å². The Morgan fingerprint density at radius 2 is 2.26 bits per heavy atom. The lowest BCUT2D eigenvalue weighted by molar-refractivity contribution is 0.0526. The Morgan fingerprint density at radius 3 is 2.95 bits per heavy atom. The fraction of sp³-hybridized carbons (Fsp3) is 0.500. The topological polar surface area (TPSA) is 79.5 Å². The number of carbonyl (C=O) groups is 2. The van der Waals surface area contributed by atoms with Crippen molar-refractivity contribution in [1.82, 2.24) is 10.6 Å². The van der Waals surface area contributed by atoms with Gasteiger partial charge in [0.05, 0.1) is 12.2 Å². The number of anilines is 1. The first-order valence-corrected chi connectivity index (χ1v) is 7.00. The second-order valence-electron chi connectivity index (χ2n) is 4.06. The number of hydrogen-bond donors (Lipinski definition) is 3. The van der Waals surface area contributed by atoms with Crippen LogP contribution < -0.4 is 16.0 Å². The molecule has 0 aliphatic carbocycles. The van der Waals surface area contributed by atoms with Gasteiger partial charge in [-0.2, -0.15) is 0 Å². The summed E-state index contributed by atoms with van der Waals surface area (Å²) in [5.74, 6) is -0.367. The van der Waals surface area contributed by atoms with Crippen molar-refractivity contribution in [3.05, 3.63) is 16.0 Å². The van der Waals surface area contributed by atoms with Crippen LogP contribution >= 0.6 is 11.3 Å². The molecule has 2 heterocycles. The Balaban J connectivity index is 2.37. The SMILES string of the molecule is CCOC(=O)c1c(NC(=O)NC)sc2c1CCNC2. The minimum Gasteiger partial charge on any atom is -0.462 e. The van der Waals surface area contributed by atoms with Crippen LogP contribution in [-0.2, 0) is 17.7 Å². The van der Waals surface area contributed by atoms with E-state index in [0.29, 0.717) is 17.2 Å². The highest BCUT2D eigenvalue weighted by atomic mass is 32.1. The van der Waals surface area contributed by atoms with Gasteiger partial charge in [-0.3, -0.25) is 5.32 Å². The van der Waals surface area contributed by atoms with Gasteiger partial charge in [0.1, 0.15) is 5.00 Å². The molecule has 6 nitrogen and oxygen atoms in total. The normalized spacial score (nSPS) is 13.6. The van der Waals surface area contributed by atoms with Gasteiger partial charge in [-0.1, -0.05) is 0 Å². The van der Waals surface area contributed by atoms with Crippen LogP contribution in [0.1, 0.15) is 27.7 Å². The second-order valence-corrected chi connectivity index (χ2v) is 5.16. The number of carbonyl (C=O) groups excluding carboxylic acids is 2. The van der Waals surface area contributed by atoms with E-state index in [-0.39, 0.29) is 12.0 Å². The average molecular weight is 283 g/mol. The molecule has 7 heteroatoms. The van der Waals surface area contributed by atoms with Gasteiger partial charge in [0.25, 0.3) is 0 Å². The molecule has 0 spiro atoms. The van der Waals surface area contributed by atoms with E-state index in [4.69, 9.17) is 4.74 Å². The third kappa shape index (κ3) is 2.87. The maximum Gasteiger partial charge on any atom is 0.341 e. The number of nitrogens with one attached hydrogen (secondary N) is 3. The Hall–Kier alpha value is -1.60. The molecule has 3 N–H and O–H groups in total. The predicted octanol–water partition coefficient (Wildman–Crippen LogP) is 1.32. The molecule has 0 radical (unpaired) electrons. The van der Waals surface area contributed by atoms with E-state index in [1.54, 1.807) is 6.92 Å². The molecule has 19 heavy (non-hydrogen) atoms. The number of thiophene rings is 1. The van der Waals surface area contributed by atoms with Crippen molar-refractivity contribution in [2.45, 2.75) is 19.9 Å². The molecule has 0 saturated carbocycles. The van der Waals surface area contributed by atoms with E-state index < -0.39 is 0 Å². The van der Waals surface area contributed by atoms with E-state index in [1.165, 1.54) is 18.4 Å². The number of urea groups is 1. The van der Waals surface area contributed by atoms with Crippen LogP contribution in [0, 0.1) is 0 Å². The van der Waals surface area contributed by atoms with E-state index >= 15 is 0 Å². The van der Waals surface area contributed by atoms with Gasteiger partial charge in [0, 0.05) is 18.5 Å². The zero-order chi connectivity index (χ0) is 13.8. The number of amides is 2. The highest BCUT2D eigenvalue weighted by molar-refractivity contribution is 7.17. The Bertz CT molecular complexity index is 499. The Labute approximate surface area is 115 Å². The predicted molar refractivity (Wildman–Crippen MR) is 73.8 cm³/mol. The van der Waals surface area contributed by atoms with E-state index in [2.05, 4.69) is 16.0 Å². The second kappa shape index (κ2) is 6.03. The summed E-state index contributed by atoms with van der Waals surface area (Å²) in [6.45, 7) is 3.64. The molecule has 0 fully saturated rings. The monoisotopic (exact) mass is 283 g/mol. The summed E-state index contributed by atoms with van der Waals surface area (Å²) < 4.78 is 5.08. The van der Waals surface area contributed by atoms with Crippen molar-refractivity contribution in [2.75, 3.05) is 25.5 Å². The summed E-state index contributed by atoms with van der Waals surface area (Å²) >= 11 is 1.42. The van der Waals surface area contributed by atoms with Crippen LogP contribution in [0.2, 0.25) is 0 Å². The highest BCUT2D eigenvalue weighted by Gasteiger charge is 2.26. The largest absolute Gasteiger partial charge is 0.462 e. The molecule has 0 bridgehead atoms. The summed E-state index contributed by atoms with van der Waals surface area (Å²) in [6.07, 6.45) is 0.773. The van der Waals surface area contributed by atoms with Crippen molar-refractivity contribution in [3.8, 4) is 0 Å². The third-order valence-corrected chi connectivity index (χ3v) is 4.01. The number of hydrogen-bond acceptors (Lipinski definition) is 5. The Morgan fingerprint density at radius 1 is 1.47 bits per heavy atom. The molecule has 0 aromatic carbocycles. The lowest BCUT2D eigenvalue weighted by Gasteiger charge is -2.13. The minimum atomic E-state index is -0.367. The number of fused-ring (bicyclic) bond motifs is 1. The van der Waals surface area contributed by atoms with Crippen LogP contribution in [0.5, 0.6) is 0 Å². The smallest absolute Gasteiger partial charge is 0.341 e. The van der Waals surface area contributed by atoms with Crippen LogP contribution in [-0.4, -0.2) is 32.2 Å². The van der Waals surface area contributed by atoms with E-state index in [1.807, 2.05) is 0 Å². The molecule has 0 saturated heterocycles. The highest BCUT2D eigenvalue weighted by Crippen LogP contribution is 2.35. The fourth-order valence-electron chi connectivity index (χ4n) is 2.01. The first-order chi connectivity index (χ1) is 9.17. The minimum absolute atomic E-state index is 0.321. The van der Waals surface area contributed by atoms with Gasteiger partial charge in [0.15, 0.2) is 0 Å². The summed E-state index contributed by atoms with van der Waals surface area (Å²) in [6, 6.07) is -0.336. The molecule has 1 aliphatic heterocycles. The van der Waals surface area contributed by atoms with Crippen molar-refractivity contribution in [1.29, 1.82) is 0 Å². The van der Waals surface area contributed by atoms with Crippen molar-refractivity contribution < 1.29 is 14.3 Å². The number of ether oxygens (including phenoxy) is 1. The van der Waals surface area contributed by atoms with Crippen molar-refractivity contribution in [3.63, 3.8) is 0 Å². The number of rotatable bonds is 3. The lowest BCUT2D eigenvalue weighted by Crippen LogP contribution is -2.26. The van der Waals surface area contributed by atoms with Gasteiger partial charge < -0.3 is 15.4 Å². The molecule has 1 aliphatic rings. The molecular formula is C12H17N3O3S. The van der Waals surface area contributed by atoms with Crippen LogP contribution in [0.15, 0.2) is 0 Å². The molecule has 2 rings (SSSR count).